The lowest BCUT2D eigenvalue weighted by molar-refractivity contribution is 0.0706. The van der Waals surface area contributed by atoms with Crippen molar-refractivity contribution < 1.29 is 10.0 Å². The fourth-order valence-electron chi connectivity index (χ4n) is 3.14. The highest BCUT2D eigenvalue weighted by molar-refractivity contribution is 5.93. The molecule has 4 rings (SSSR count). The standard InChI is InChI=1S/C21H17N3O2/c25-21(23-26)17-7-5-15(6-8-17)14-24-19-4-2-1-3-16(19)9-10-18-13-22-12-11-20(18)24/h1-13,26H,14H2,(H,23,25). The van der Waals surface area contributed by atoms with E-state index in [1.54, 1.807) is 23.8 Å². The number of hydrogen-bond acceptors (Lipinski definition) is 4. The van der Waals surface area contributed by atoms with Gasteiger partial charge in [-0.1, -0.05) is 42.5 Å². The Morgan fingerprint density at radius 3 is 2.50 bits per heavy atom. The van der Waals surface area contributed by atoms with Gasteiger partial charge in [-0.25, -0.2) is 5.48 Å². The SMILES string of the molecule is O=C(NO)c1ccc(CN2c3ccccc3C=Cc3cnccc32)cc1. The molecule has 1 aliphatic rings. The van der Waals surface area contributed by atoms with Crippen molar-refractivity contribution in [3.05, 3.63) is 89.2 Å². The Morgan fingerprint density at radius 1 is 0.962 bits per heavy atom. The second-order valence-corrected chi connectivity index (χ2v) is 6.05. The third-order valence-corrected chi connectivity index (χ3v) is 4.45. The van der Waals surface area contributed by atoms with Gasteiger partial charge in [-0.3, -0.25) is 15.0 Å². The molecule has 1 aliphatic heterocycles. The van der Waals surface area contributed by atoms with Gasteiger partial charge in [0.25, 0.3) is 5.91 Å². The summed E-state index contributed by atoms with van der Waals surface area (Å²) in [5.74, 6) is -0.516. The summed E-state index contributed by atoms with van der Waals surface area (Å²) >= 11 is 0. The Hall–Kier alpha value is -3.44. The summed E-state index contributed by atoms with van der Waals surface area (Å²) in [5.41, 5.74) is 7.51. The molecule has 0 radical (unpaired) electrons. The van der Waals surface area contributed by atoms with Crippen molar-refractivity contribution in [2.45, 2.75) is 6.54 Å². The molecular weight excluding hydrogens is 326 g/mol. The van der Waals surface area contributed by atoms with Crippen molar-refractivity contribution in [1.82, 2.24) is 10.5 Å². The molecule has 0 spiro atoms. The van der Waals surface area contributed by atoms with Crippen molar-refractivity contribution in [1.29, 1.82) is 0 Å². The number of nitrogens with one attached hydrogen (secondary N) is 1. The Bertz CT molecular complexity index is 931. The highest BCUT2D eigenvalue weighted by Gasteiger charge is 2.18. The van der Waals surface area contributed by atoms with E-state index < -0.39 is 5.91 Å². The van der Waals surface area contributed by atoms with Gasteiger partial charge in [-0.05, 0) is 35.4 Å². The zero-order valence-corrected chi connectivity index (χ0v) is 14.0. The first-order chi connectivity index (χ1) is 12.8. The number of carbonyl (C=O) groups is 1. The zero-order chi connectivity index (χ0) is 17.9. The molecule has 2 heterocycles. The highest BCUT2D eigenvalue weighted by Crippen LogP contribution is 2.36. The van der Waals surface area contributed by atoms with E-state index in [2.05, 4.69) is 34.2 Å². The first kappa shape index (κ1) is 16.1. The zero-order valence-electron chi connectivity index (χ0n) is 14.0. The molecule has 0 aliphatic carbocycles. The van der Waals surface area contributed by atoms with Crippen LogP contribution in [0.25, 0.3) is 12.2 Å². The Morgan fingerprint density at radius 2 is 1.69 bits per heavy atom. The molecule has 1 aromatic heterocycles. The van der Waals surface area contributed by atoms with Crippen LogP contribution in [0.5, 0.6) is 0 Å². The maximum Gasteiger partial charge on any atom is 0.274 e. The van der Waals surface area contributed by atoms with Gasteiger partial charge in [0.05, 0.1) is 5.69 Å². The lowest BCUT2D eigenvalue weighted by atomic mass is 10.1. The fraction of sp³-hybridized carbons (Fsp3) is 0.0476. The molecule has 0 saturated heterocycles. The van der Waals surface area contributed by atoms with E-state index in [-0.39, 0.29) is 0 Å². The number of pyridine rings is 1. The van der Waals surface area contributed by atoms with E-state index in [1.165, 1.54) is 0 Å². The van der Waals surface area contributed by atoms with Crippen LogP contribution >= 0.6 is 0 Å². The monoisotopic (exact) mass is 343 g/mol. The van der Waals surface area contributed by atoms with Crippen molar-refractivity contribution in [2.24, 2.45) is 0 Å². The smallest absolute Gasteiger partial charge is 0.274 e. The largest absolute Gasteiger partial charge is 0.336 e. The van der Waals surface area contributed by atoms with Crippen LogP contribution in [0.15, 0.2) is 67.0 Å². The number of aromatic nitrogens is 1. The number of amides is 1. The number of nitrogens with zero attached hydrogens (tertiary/aromatic N) is 2. The predicted molar refractivity (Wildman–Crippen MR) is 101 cm³/mol. The number of benzene rings is 2. The van der Waals surface area contributed by atoms with Crippen LogP contribution in [-0.2, 0) is 6.54 Å². The highest BCUT2D eigenvalue weighted by atomic mass is 16.5. The molecule has 2 aromatic carbocycles. The number of hydroxylamine groups is 1. The minimum Gasteiger partial charge on any atom is -0.336 e. The van der Waals surface area contributed by atoms with Crippen LogP contribution in [0, 0.1) is 0 Å². The molecular formula is C21H17N3O2. The van der Waals surface area contributed by atoms with Crippen LogP contribution in [0.2, 0.25) is 0 Å². The van der Waals surface area contributed by atoms with Gasteiger partial charge >= 0.3 is 0 Å². The number of carbonyl (C=O) groups excluding carboxylic acids is 1. The normalized spacial score (nSPS) is 12.1. The lowest BCUT2D eigenvalue weighted by Gasteiger charge is -2.27. The molecule has 0 unspecified atom stereocenters. The van der Waals surface area contributed by atoms with E-state index in [0.717, 1.165) is 28.1 Å². The van der Waals surface area contributed by atoms with E-state index in [4.69, 9.17) is 5.21 Å². The lowest BCUT2D eigenvalue weighted by Crippen LogP contribution is -2.19. The molecule has 5 nitrogen and oxygen atoms in total. The average Bonchev–Trinajstić information content (AvgIpc) is 2.86. The van der Waals surface area contributed by atoms with Gasteiger partial charge < -0.3 is 4.90 Å². The van der Waals surface area contributed by atoms with E-state index in [0.29, 0.717) is 12.1 Å². The summed E-state index contributed by atoms with van der Waals surface area (Å²) in [6.45, 7) is 0.650. The third-order valence-electron chi connectivity index (χ3n) is 4.45. The van der Waals surface area contributed by atoms with Crippen LogP contribution in [0.1, 0.15) is 27.0 Å². The molecule has 26 heavy (non-hydrogen) atoms. The molecule has 5 heteroatoms. The minimum atomic E-state index is -0.516. The van der Waals surface area contributed by atoms with Gasteiger partial charge in [0.1, 0.15) is 0 Å². The second kappa shape index (κ2) is 6.82. The summed E-state index contributed by atoms with van der Waals surface area (Å²) in [6, 6.07) is 17.5. The number of rotatable bonds is 3. The van der Waals surface area contributed by atoms with Gasteiger partial charge in [0.2, 0.25) is 0 Å². The molecule has 3 aromatic rings. The summed E-state index contributed by atoms with van der Waals surface area (Å²) < 4.78 is 0. The van der Waals surface area contributed by atoms with Gasteiger partial charge in [0.15, 0.2) is 0 Å². The van der Waals surface area contributed by atoms with Crippen LogP contribution in [0.3, 0.4) is 0 Å². The van der Waals surface area contributed by atoms with Gasteiger partial charge in [0, 0.05) is 35.8 Å². The maximum absolute atomic E-state index is 11.5. The Kier molecular flexibility index (Phi) is 4.21. The molecule has 0 bridgehead atoms. The fourth-order valence-corrected chi connectivity index (χ4v) is 3.14. The molecule has 0 fully saturated rings. The summed E-state index contributed by atoms with van der Waals surface area (Å²) in [4.78, 5) is 18.0. The predicted octanol–water partition coefficient (Wildman–Crippen LogP) is 4.02. The van der Waals surface area contributed by atoms with Crippen molar-refractivity contribution in [2.75, 3.05) is 4.90 Å². The number of fused-ring (bicyclic) bond motifs is 2. The first-order valence-corrected chi connectivity index (χ1v) is 8.28. The van der Waals surface area contributed by atoms with Crippen molar-refractivity contribution in [3.63, 3.8) is 0 Å². The summed E-state index contributed by atoms with van der Waals surface area (Å²) in [5, 5.41) is 8.75. The first-order valence-electron chi connectivity index (χ1n) is 8.28. The van der Waals surface area contributed by atoms with Crippen LogP contribution in [0.4, 0.5) is 11.4 Å². The van der Waals surface area contributed by atoms with Crippen molar-refractivity contribution in [3.8, 4) is 0 Å². The Balaban J connectivity index is 1.74. The topological polar surface area (TPSA) is 65.5 Å². The molecule has 2 N–H and O–H groups in total. The van der Waals surface area contributed by atoms with Gasteiger partial charge in [-0.15, -0.1) is 0 Å². The molecule has 0 atom stereocenters. The number of hydrogen-bond donors (Lipinski definition) is 2. The third kappa shape index (κ3) is 2.96. The van der Waals surface area contributed by atoms with Gasteiger partial charge in [-0.2, -0.15) is 0 Å². The molecule has 128 valence electrons. The second-order valence-electron chi connectivity index (χ2n) is 6.05. The average molecular weight is 343 g/mol. The van der Waals surface area contributed by atoms with Crippen molar-refractivity contribution >= 4 is 29.4 Å². The van der Waals surface area contributed by atoms with Crippen LogP contribution in [-0.4, -0.2) is 16.1 Å². The van der Waals surface area contributed by atoms with Crippen LogP contribution < -0.4 is 10.4 Å². The maximum atomic E-state index is 11.5. The van der Waals surface area contributed by atoms with E-state index in [1.807, 2.05) is 36.5 Å². The minimum absolute atomic E-state index is 0.416. The number of para-hydroxylation sites is 1. The molecule has 1 amide bonds. The van der Waals surface area contributed by atoms with E-state index >= 15 is 0 Å². The number of anilines is 2. The quantitative estimate of drug-likeness (QED) is 0.557. The summed E-state index contributed by atoms with van der Waals surface area (Å²) in [7, 11) is 0. The summed E-state index contributed by atoms with van der Waals surface area (Å²) in [6.07, 6.45) is 7.84. The van der Waals surface area contributed by atoms with E-state index in [9.17, 15) is 4.79 Å². The Labute approximate surface area is 151 Å². The molecule has 0 saturated carbocycles.